The lowest BCUT2D eigenvalue weighted by Gasteiger charge is -2.25. The molecule has 12 heteroatoms. The molecular weight excluding hydrogens is 535 g/mol. The molecule has 0 fully saturated rings. The molecule has 9 nitrogen and oxygen atoms in total. The van der Waals surface area contributed by atoms with Gasteiger partial charge in [-0.05, 0) is 68.1 Å². The van der Waals surface area contributed by atoms with Gasteiger partial charge >= 0.3 is 5.97 Å². The molecule has 0 unspecified atom stereocenters. The van der Waals surface area contributed by atoms with Crippen molar-refractivity contribution < 1.29 is 36.6 Å². The second-order valence-electron chi connectivity index (χ2n) is 8.62. The van der Waals surface area contributed by atoms with E-state index >= 15 is 0 Å². The van der Waals surface area contributed by atoms with Gasteiger partial charge in [-0.2, -0.15) is 0 Å². The number of ether oxygens (including phenoxy) is 3. The van der Waals surface area contributed by atoms with Crippen LogP contribution in [0.1, 0.15) is 34.1 Å². The highest BCUT2D eigenvalue weighted by atomic mass is 32.2. The number of halogens is 1. The third kappa shape index (κ3) is 5.05. The number of carbonyl (C=O) groups is 2. The minimum atomic E-state index is -4.29. The molecule has 1 aliphatic carbocycles. The molecule has 38 heavy (non-hydrogen) atoms. The van der Waals surface area contributed by atoms with Crippen LogP contribution in [0.4, 0.5) is 15.1 Å². The molecule has 0 saturated carbocycles. The van der Waals surface area contributed by atoms with E-state index in [9.17, 15) is 22.4 Å². The van der Waals surface area contributed by atoms with Crippen LogP contribution in [0.3, 0.4) is 0 Å². The highest BCUT2D eigenvalue weighted by Gasteiger charge is 2.32. The Morgan fingerprint density at radius 3 is 2.55 bits per heavy atom. The second-order valence-corrected chi connectivity index (χ2v) is 11.6. The highest BCUT2D eigenvalue weighted by molar-refractivity contribution is 7.92. The fourth-order valence-electron chi connectivity index (χ4n) is 4.44. The van der Waals surface area contributed by atoms with Gasteiger partial charge in [-0.1, -0.05) is 0 Å². The summed E-state index contributed by atoms with van der Waals surface area (Å²) in [6.45, 7) is 1.89. The van der Waals surface area contributed by atoms with Gasteiger partial charge in [0.25, 0.3) is 10.0 Å². The van der Waals surface area contributed by atoms with Gasteiger partial charge in [-0.25, -0.2) is 17.6 Å². The quantitative estimate of drug-likeness (QED) is 0.412. The maximum atomic E-state index is 13.7. The zero-order valence-electron chi connectivity index (χ0n) is 20.5. The number of hydrogen-bond acceptors (Lipinski definition) is 8. The summed E-state index contributed by atoms with van der Waals surface area (Å²) in [5.74, 6) is -1.06. The summed E-state index contributed by atoms with van der Waals surface area (Å²) in [6.07, 6.45) is 2.41. The van der Waals surface area contributed by atoms with E-state index in [0.717, 1.165) is 39.7 Å². The topological polar surface area (TPSA) is 111 Å². The second kappa shape index (κ2) is 10.6. The van der Waals surface area contributed by atoms with Crippen molar-refractivity contribution in [3.8, 4) is 11.5 Å². The number of aryl methyl sites for hydroxylation is 1. The number of nitrogens with zero attached hydrogens (tertiary/aromatic N) is 1. The van der Waals surface area contributed by atoms with Crippen LogP contribution in [0, 0.1) is 5.82 Å². The molecule has 0 saturated heterocycles. The van der Waals surface area contributed by atoms with Crippen molar-refractivity contribution in [1.29, 1.82) is 0 Å². The Kier molecular flexibility index (Phi) is 7.26. The zero-order chi connectivity index (χ0) is 26.9. The van der Waals surface area contributed by atoms with E-state index in [1.165, 1.54) is 41.7 Å². The third-order valence-corrected chi connectivity index (χ3v) is 9.13. The first kappa shape index (κ1) is 26.0. The van der Waals surface area contributed by atoms with Crippen molar-refractivity contribution in [3.63, 3.8) is 0 Å². The first-order chi connectivity index (χ1) is 18.3. The minimum absolute atomic E-state index is 0.0933. The molecule has 0 radical (unpaired) electrons. The number of thiophene rings is 1. The number of rotatable bonds is 8. The first-order valence-electron chi connectivity index (χ1n) is 12.1. The SMILES string of the molecule is CCOC(=O)c1c(NC(=O)CN(c2ccc(F)cc2)S(=O)(=O)c2ccc3c(c2)OCCO3)sc2c1CCC2. The van der Waals surface area contributed by atoms with Crippen LogP contribution in [0.15, 0.2) is 47.4 Å². The van der Waals surface area contributed by atoms with Crippen molar-refractivity contribution in [2.75, 3.05) is 36.0 Å². The summed E-state index contributed by atoms with van der Waals surface area (Å²) in [5.41, 5.74) is 1.28. The standard InChI is InChI=1S/C26H25FN2O7S2/c1-2-34-26(31)24-19-4-3-5-22(19)37-25(24)28-23(30)15-29(17-8-6-16(27)7-9-17)38(32,33)18-10-11-20-21(14-18)36-13-12-35-20/h6-11,14H,2-5,12-13,15H2,1H3,(H,28,30). The molecule has 2 aromatic carbocycles. The van der Waals surface area contributed by atoms with Gasteiger partial charge in [0.15, 0.2) is 11.5 Å². The molecule has 3 aromatic rings. The molecule has 2 aliphatic rings. The van der Waals surface area contributed by atoms with Crippen LogP contribution in [0.2, 0.25) is 0 Å². The smallest absolute Gasteiger partial charge is 0.341 e. The summed E-state index contributed by atoms with van der Waals surface area (Å²) in [5, 5.41) is 3.05. The Morgan fingerprint density at radius 1 is 1.08 bits per heavy atom. The highest BCUT2D eigenvalue weighted by Crippen LogP contribution is 2.40. The number of carbonyl (C=O) groups excluding carboxylic acids is 2. The summed E-state index contributed by atoms with van der Waals surface area (Å²) in [6, 6.07) is 8.97. The summed E-state index contributed by atoms with van der Waals surface area (Å²) < 4.78 is 58.2. The Hall–Kier alpha value is -3.64. The maximum absolute atomic E-state index is 13.7. The monoisotopic (exact) mass is 560 g/mol. The average Bonchev–Trinajstić information content (AvgIpc) is 3.48. The largest absolute Gasteiger partial charge is 0.486 e. The Morgan fingerprint density at radius 2 is 1.82 bits per heavy atom. The van der Waals surface area contributed by atoms with Gasteiger partial charge in [-0.15, -0.1) is 11.3 Å². The number of nitrogens with one attached hydrogen (secondary N) is 1. The third-order valence-electron chi connectivity index (χ3n) is 6.16. The van der Waals surface area contributed by atoms with Crippen molar-refractivity contribution in [1.82, 2.24) is 0 Å². The first-order valence-corrected chi connectivity index (χ1v) is 14.3. The molecule has 1 aromatic heterocycles. The van der Waals surface area contributed by atoms with Crippen molar-refractivity contribution in [3.05, 3.63) is 64.3 Å². The summed E-state index contributed by atoms with van der Waals surface area (Å²) in [4.78, 5) is 26.8. The lowest BCUT2D eigenvalue weighted by Crippen LogP contribution is -2.38. The number of amides is 1. The predicted molar refractivity (Wildman–Crippen MR) is 139 cm³/mol. The van der Waals surface area contributed by atoms with E-state index in [-0.39, 0.29) is 29.5 Å². The molecule has 0 atom stereocenters. The van der Waals surface area contributed by atoms with Gasteiger partial charge in [0.1, 0.15) is 30.6 Å². The van der Waals surface area contributed by atoms with E-state index < -0.39 is 34.3 Å². The fraction of sp³-hybridized carbons (Fsp3) is 0.308. The molecule has 1 N–H and O–H groups in total. The van der Waals surface area contributed by atoms with Gasteiger partial charge in [0, 0.05) is 10.9 Å². The molecule has 1 amide bonds. The van der Waals surface area contributed by atoms with Crippen LogP contribution in [0.5, 0.6) is 11.5 Å². The number of benzene rings is 2. The van der Waals surface area contributed by atoms with Gasteiger partial charge in [0.05, 0.1) is 22.8 Å². The van der Waals surface area contributed by atoms with E-state index in [1.54, 1.807) is 6.92 Å². The van der Waals surface area contributed by atoms with Gasteiger partial charge in [-0.3, -0.25) is 9.10 Å². The predicted octanol–water partition coefficient (Wildman–Crippen LogP) is 4.16. The summed E-state index contributed by atoms with van der Waals surface area (Å²) >= 11 is 1.29. The minimum Gasteiger partial charge on any atom is -0.486 e. The van der Waals surface area contributed by atoms with Crippen LogP contribution >= 0.6 is 11.3 Å². The molecule has 0 bridgehead atoms. The fourth-order valence-corrected chi connectivity index (χ4v) is 7.17. The lowest BCUT2D eigenvalue weighted by atomic mass is 10.1. The molecule has 200 valence electrons. The van der Waals surface area contributed by atoms with Crippen LogP contribution in [-0.2, 0) is 32.4 Å². The zero-order valence-corrected chi connectivity index (χ0v) is 22.1. The number of anilines is 2. The Balaban J connectivity index is 1.46. The number of esters is 1. The number of sulfonamides is 1. The maximum Gasteiger partial charge on any atom is 0.341 e. The van der Waals surface area contributed by atoms with Crippen molar-refractivity contribution in [2.45, 2.75) is 31.1 Å². The molecule has 0 spiro atoms. The normalized spacial score (nSPS) is 14.1. The van der Waals surface area contributed by atoms with Gasteiger partial charge < -0.3 is 19.5 Å². The lowest BCUT2D eigenvalue weighted by molar-refractivity contribution is -0.114. The average molecular weight is 561 g/mol. The van der Waals surface area contributed by atoms with Crippen LogP contribution in [-0.4, -0.2) is 46.7 Å². The van der Waals surface area contributed by atoms with E-state index in [1.807, 2.05) is 0 Å². The van der Waals surface area contributed by atoms with Crippen LogP contribution in [0.25, 0.3) is 0 Å². The molecule has 5 rings (SSSR count). The van der Waals surface area contributed by atoms with E-state index in [0.29, 0.717) is 29.3 Å². The Bertz CT molecular complexity index is 1490. The Labute approximate surface area is 223 Å². The van der Waals surface area contributed by atoms with E-state index in [2.05, 4.69) is 5.32 Å². The van der Waals surface area contributed by atoms with E-state index in [4.69, 9.17) is 14.2 Å². The van der Waals surface area contributed by atoms with Crippen LogP contribution < -0.4 is 19.1 Å². The van der Waals surface area contributed by atoms with Crippen molar-refractivity contribution in [2.24, 2.45) is 0 Å². The molecule has 2 heterocycles. The number of hydrogen-bond donors (Lipinski definition) is 1. The van der Waals surface area contributed by atoms with Crippen molar-refractivity contribution >= 4 is 43.9 Å². The number of fused-ring (bicyclic) bond motifs is 2. The summed E-state index contributed by atoms with van der Waals surface area (Å²) in [7, 11) is -4.29. The van der Waals surface area contributed by atoms with Gasteiger partial charge in [0.2, 0.25) is 5.91 Å². The molecule has 1 aliphatic heterocycles. The molecular formula is C26H25FN2O7S2.